The van der Waals surface area contributed by atoms with Crippen molar-refractivity contribution in [2.24, 2.45) is 5.92 Å². The minimum absolute atomic E-state index is 0.00857. The zero-order valence-electron chi connectivity index (χ0n) is 15.0. The zero-order valence-corrected chi connectivity index (χ0v) is 15.0. The molecule has 3 nitrogen and oxygen atoms in total. The van der Waals surface area contributed by atoms with Gasteiger partial charge in [0.25, 0.3) is 0 Å². The summed E-state index contributed by atoms with van der Waals surface area (Å²) in [6.45, 7) is 2.24. The summed E-state index contributed by atoms with van der Waals surface area (Å²) in [6, 6.07) is 14.7. The molecule has 136 valence electrons. The van der Waals surface area contributed by atoms with Gasteiger partial charge in [0.15, 0.2) is 0 Å². The smallest absolute Gasteiger partial charge is 0.228 e. The summed E-state index contributed by atoms with van der Waals surface area (Å²) < 4.78 is 13.0. The van der Waals surface area contributed by atoms with E-state index in [1.54, 1.807) is 12.1 Å². The van der Waals surface area contributed by atoms with Crippen molar-refractivity contribution < 1.29 is 9.18 Å². The number of hydrogen-bond donors (Lipinski definition) is 1. The Hall–Kier alpha value is -2.36. The number of amides is 1. The molecule has 0 bridgehead atoms. The molecule has 2 fully saturated rings. The van der Waals surface area contributed by atoms with Crippen LogP contribution in [0.1, 0.15) is 43.6 Å². The van der Waals surface area contributed by atoms with Crippen molar-refractivity contribution in [3.63, 3.8) is 0 Å². The summed E-state index contributed by atoms with van der Waals surface area (Å²) in [5.41, 5.74) is 3.13. The number of carbonyl (C=O) groups is 1. The lowest BCUT2D eigenvalue weighted by molar-refractivity contribution is -0.117. The van der Waals surface area contributed by atoms with Gasteiger partial charge in [-0.25, -0.2) is 4.39 Å². The topological polar surface area (TPSA) is 32.3 Å². The molecule has 1 saturated heterocycles. The van der Waals surface area contributed by atoms with Crippen LogP contribution in [-0.4, -0.2) is 19.0 Å². The van der Waals surface area contributed by atoms with Gasteiger partial charge < -0.3 is 10.2 Å². The van der Waals surface area contributed by atoms with Gasteiger partial charge >= 0.3 is 0 Å². The Labute approximate surface area is 154 Å². The van der Waals surface area contributed by atoms with Crippen molar-refractivity contribution in [3.8, 4) is 0 Å². The largest absolute Gasteiger partial charge is 0.372 e. The summed E-state index contributed by atoms with van der Waals surface area (Å²) in [5.74, 6) is 0.0273. The third-order valence-electron chi connectivity index (χ3n) is 5.53. The van der Waals surface area contributed by atoms with Gasteiger partial charge in [0.05, 0.1) is 0 Å². The Bertz CT molecular complexity index is 749. The van der Waals surface area contributed by atoms with Crippen LogP contribution >= 0.6 is 0 Å². The van der Waals surface area contributed by atoms with Crippen LogP contribution in [0.2, 0.25) is 0 Å². The van der Waals surface area contributed by atoms with Gasteiger partial charge in [-0.3, -0.25) is 4.79 Å². The van der Waals surface area contributed by atoms with E-state index in [2.05, 4.69) is 22.3 Å². The van der Waals surface area contributed by atoms with E-state index < -0.39 is 0 Å². The van der Waals surface area contributed by atoms with E-state index >= 15 is 0 Å². The molecule has 0 aromatic heterocycles. The summed E-state index contributed by atoms with van der Waals surface area (Å²) in [5, 5.41) is 3.03. The van der Waals surface area contributed by atoms with E-state index in [0.29, 0.717) is 0 Å². The maximum absolute atomic E-state index is 13.0. The van der Waals surface area contributed by atoms with Gasteiger partial charge in [0.2, 0.25) is 5.91 Å². The average molecular weight is 352 g/mol. The summed E-state index contributed by atoms with van der Waals surface area (Å²) in [6.07, 6.45) is 5.99. The Morgan fingerprint density at radius 2 is 1.58 bits per heavy atom. The minimum atomic E-state index is -0.236. The standard InChI is InChI=1S/C22H25FN2O/c23-17-7-5-16(6-8-17)20-15-21(20)22(26)24-18-9-11-19(12-10-18)25-13-3-1-2-4-14-25/h5-12,20-21H,1-4,13-15H2,(H,24,26)/t20-,21+/m1/s1. The summed E-state index contributed by atoms with van der Waals surface area (Å²) >= 11 is 0. The molecular formula is C22H25FN2O. The van der Waals surface area contributed by atoms with E-state index in [0.717, 1.165) is 30.8 Å². The maximum atomic E-state index is 13.0. The van der Waals surface area contributed by atoms with E-state index in [9.17, 15) is 9.18 Å². The van der Waals surface area contributed by atoms with Crippen molar-refractivity contribution in [3.05, 3.63) is 59.9 Å². The van der Waals surface area contributed by atoms with Crippen LogP contribution in [0.3, 0.4) is 0 Å². The highest BCUT2D eigenvalue weighted by molar-refractivity contribution is 5.95. The molecule has 2 atom stereocenters. The Balaban J connectivity index is 1.34. The van der Waals surface area contributed by atoms with Gasteiger partial charge in [-0.2, -0.15) is 0 Å². The van der Waals surface area contributed by atoms with Gasteiger partial charge in [-0.1, -0.05) is 25.0 Å². The fourth-order valence-electron chi connectivity index (χ4n) is 3.88. The van der Waals surface area contributed by atoms with E-state index in [1.165, 1.54) is 43.5 Å². The van der Waals surface area contributed by atoms with Crippen LogP contribution in [0.25, 0.3) is 0 Å². The first-order chi connectivity index (χ1) is 12.7. The average Bonchev–Trinajstić information content (AvgIpc) is 3.47. The summed E-state index contributed by atoms with van der Waals surface area (Å²) in [4.78, 5) is 14.9. The quantitative estimate of drug-likeness (QED) is 0.844. The van der Waals surface area contributed by atoms with Crippen molar-refractivity contribution in [2.75, 3.05) is 23.3 Å². The molecule has 1 heterocycles. The van der Waals surface area contributed by atoms with Gasteiger partial charge in [0, 0.05) is 30.4 Å². The van der Waals surface area contributed by atoms with E-state index in [4.69, 9.17) is 0 Å². The van der Waals surface area contributed by atoms with Crippen LogP contribution in [0, 0.1) is 11.7 Å². The third kappa shape index (κ3) is 3.90. The monoisotopic (exact) mass is 352 g/mol. The molecule has 1 aliphatic heterocycles. The van der Waals surface area contributed by atoms with Gasteiger partial charge in [0.1, 0.15) is 5.82 Å². The van der Waals surface area contributed by atoms with Crippen molar-refractivity contribution in [1.29, 1.82) is 0 Å². The second-order valence-corrected chi connectivity index (χ2v) is 7.44. The van der Waals surface area contributed by atoms with Crippen molar-refractivity contribution in [2.45, 2.75) is 38.0 Å². The molecule has 2 aliphatic rings. The fraction of sp³-hybridized carbons (Fsp3) is 0.409. The van der Waals surface area contributed by atoms with Crippen LogP contribution in [0.15, 0.2) is 48.5 Å². The molecule has 1 N–H and O–H groups in total. The molecule has 4 heteroatoms. The molecule has 1 saturated carbocycles. The number of rotatable bonds is 4. The highest BCUT2D eigenvalue weighted by Crippen LogP contribution is 2.48. The Morgan fingerprint density at radius 3 is 2.23 bits per heavy atom. The molecule has 4 rings (SSSR count). The number of nitrogens with zero attached hydrogens (tertiary/aromatic N) is 1. The third-order valence-corrected chi connectivity index (χ3v) is 5.53. The van der Waals surface area contributed by atoms with Crippen LogP contribution in [0.5, 0.6) is 0 Å². The molecule has 2 aromatic rings. The second kappa shape index (κ2) is 7.48. The van der Waals surface area contributed by atoms with E-state index in [-0.39, 0.29) is 23.6 Å². The summed E-state index contributed by atoms with van der Waals surface area (Å²) in [7, 11) is 0. The first-order valence-electron chi connectivity index (χ1n) is 9.62. The Morgan fingerprint density at radius 1 is 0.923 bits per heavy atom. The lowest BCUT2D eigenvalue weighted by Gasteiger charge is -2.22. The molecule has 2 aromatic carbocycles. The van der Waals surface area contributed by atoms with Crippen molar-refractivity contribution in [1.82, 2.24) is 0 Å². The normalized spacial score (nSPS) is 22.6. The second-order valence-electron chi connectivity index (χ2n) is 7.44. The predicted octanol–water partition coefficient (Wildman–Crippen LogP) is 4.95. The molecular weight excluding hydrogens is 327 g/mol. The number of benzene rings is 2. The highest BCUT2D eigenvalue weighted by atomic mass is 19.1. The molecule has 26 heavy (non-hydrogen) atoms. The van der Waals surface area contributed by atoms with Gasteiger partial charge in [-0.15, -0.1) is 0 Å². The maximum Gasteiger partial charge on any atom is 0.228 e. The lowest BCUT2D eigenvalue weighted by Crippen LogP contribution is -2.23. The first-order valence-corrected chi connectivity index (χ1v) is 9.62. The lowest BCUT2D eigenvalue weighted by atomic mass is 10.1. The van der Waals surface area contributed by atoms with E-state index in [1.807, 2.05) is 12.1 Å². The molecule has 0 radical (unpaired) electrons. The van der Waals surface area contributed by atoms with Crippen LogP contribution in [0.4, 0.5) is 15.8 Å². The van der Waals surface area contributed by atoms with Gasteiger partial charge in [-0.05, 0) is 67.1 Å². The molecule has 0 unspecified atom stereocenters. The number of nitrogens with one attached hydrogen (secondary N) is 1. The SMILES string of the molecule is O=C(Nc1ccc(N2CCCCCC2)cc1)[C@H]1C[C@@H]1c1ccc(F)cc1. The fourth-order valence-corrected chi connectivity index (χ4v) is 3.88. The van der Waals surface area contributed by atoms with Crippen LogP contribution in [-0.2, 0) is 4.79 Å². The van der Waals surface area contributed by atoms with Crippen LogP contribution < -0.4 is 10.2 Å². The number of hydrogen-bond acceptors (Lipinski definition) is 2. The first kappa shape index (κ1) is 17.1. The number of anilines is 2. The number of carbonyl (C=O) groups excluding carboxylic acids is 1. The highest BCUT2D eigenvalue weighted by Gasteiger charge is 2.43. The predicted molar refractivity (Wildman–Crippen MR) is 103 cm³/mol. The van der Waals surface area contributed by atoms with Crippen molar-refractivity contribution >= 4 is 17.3 Å². The zero-order chi connectivity index (χ0) is 17.9. The number of halogens is 1. The Kier molecular flexibility index (Phi) is 4.91. The minimum Gasteiger partial charge on any atom is -0.372 e. The molecule has 0 spiro atoms. The molecule has 1 amide bonds. The molecule has 1 aliphatic carbocycles.